The maximum absolute atomic E-state index is 13.5. The fourth-order valence-electron chi connectivity index (χ4n) is 4.13. The highest BCUT2D eigenvalue weighted by molar-refractivity contribution is 5.95. The molecule has 0 aliphatic carbocycles. The smallest absolute Gasteiger partial charge is 0.385 e. The van der Waals surface area contributed by atoms with Gasteiger partial charge in [-0.3, -0.25) is 4.79 Å². The van der Waals surface area contributed by atoms with Crippen molar-refractivity contribution >= 4 is 11.9 Å². The number of carbonyl (C=O) groups excluding carboxylic acids is 2. The van der Waals surface area contributed by atoms with Crippen molar-refractivity contribution in [2.24, 2.45) is 0 Å². The lowest BCUT2D eigenvalue weighted by molar-refractivity contribution is -0.141. The van der Waals surface area contributed by atoms with Crippen LogP contribution in [0.2, 0.25) is 0 Å². The highest BCUT2D eigenvalue weighted by Gasteiger charge is 2.39. The molecule has 11 heteroatoms. The zero-order valence-electron chi connectivity index (χ0n) is 19.3. The number of para-hydroxylation sites is 1. The predicted molar refractivity (Wildman–Crippen MR) is 125 cm³/mol. The summed E-state index contributed by atoms with van der Waals surface area (Å²) in [5.41, 5.74) is -1.69. The van der Waals surface area contributed by atoms with Crippen LogP contribution in [0.1, 0.15) is 34.5 Å². The third-order valence-electron chi connectivity index (χ3n) is 6.12. The number of hydrogen-bond donors (Lipinski definition) is 3. The van der Waals surface area contributed by atoms with Gasteiger partial charge in [0.15, 0.2) is 5.69 Å². The van der Waals surface area contributed by atoms with Gasteiger partial charge in [0.2, 0.25) is 0 Å². The molecular formula is C25H26F3N5O3. The summed E-state index contributed by atoms with van der Waals surface area (Å²) in [6.45, 7) is 0.646. The van der Waals surface area contributed by atoms with E-state index in [2.05, 4.69) is 15.7 Å². The lowest BCUT2D eigenvalue weighted by atomic mass is 9.84. The predicted octanol–water partition coefficient (Wildman–Crippen LogP) is 3.31. The highest BCUT2D eigenvalue weighted by Crippen LogP contribution is 2.33. The minimum Gasteiger partial charge on any atom is -0.385 e. The zero-order chi connectivity index (χ0) is 25.8. The first-order chi connectivity index (χ1) is 17.2. The van der Waals surface area contributed by atoms with E-state index in [0.717, 1.165) is 16.4 Å². The van der Waals surface area contributed by atoms with Crippen LogP contribution < -0.4 is 10.6 Å². The average molecular weight is 502 g/mol. The van der Waals surface area contributed by atoms with Gasteiger partial charge >= 0.3 is 12.2 Å². The number of halogens is 3. The van der Waals surface area contributed by atoms with Crippen LogP contribution in [-0.2, 0) is 11.8 Å². The minimum absolute atomic E-state index is 0.0260. The van der Waals surface area contributed by atoms with Crippen molar-refractivity contribution in [3.63, 3.8) is 0 Å². The molecule has 36 heavy (non-hydrogen) atoms. The number of benzene rings is 2. The summed E-state index contributed by atoms with van der Waals surface area (Å²) in [6.07, 6.45) is -3.01. The molecule has 0 atom stereocenters. The summed E-state index contributed by atoms with van der Waals surface area (Å²) >= 11 is 0. The van der Waals surface area contributed by atoms with Crippen LogP contribution in [0.5, 0.6) is 0 Å². The van der Waals surface area contributed by atoms with E-state index in [4.69, 9.17) is 0 Å². The maximum atomic E-state index is 13.5. The third-order valence-corrected chi connectivity index (χ3v) is 6.12. The topological polar surface area (TPSA) is 99.5 Å². The van der Waals surface area contributed by atoms with E-state index in [1.807, 2.05) is 30.3 Å². The van der Waals surface area contributed by atoms with Gasteiger partial charge in [0.25, 0.3) is 5.91 Å². The molecule has 8 nitrogen and oxygen atoms in total. The van der Waals surface area contributed by atoms with Gasteiger partial charge < -0.3 is 20.6 Å². The average Bonchev–Trinajstić information content (AvgIpc) is 3.35. The maximum Gasteiger partial charge on any atom is 0.435 e. The summed E-state index contributed by atoms with van der Waals surface area (Å²) in [6, 6.07) is 17.1. The van der Waals surface area contributed by atoms with E-state index < -0.39 is 28.9 Å². The lowest BCUT2D eigenvalue weighted by Crippen LogP contribution is -2.49. The molecule has 0 bridgehead atoms. The van der Waals surface area contributed by atoms with Gasteiger partial charge in [0, 0.05) is 32.4 Å². The number of aliphatic hydroxyl groups is 1. The van der Waals surface area contributed by atoms with Crippen molar-refractivity contribution in [2.75, 3.05) is 26.2 Å². The molecule has 2 aromatic carbocycles. The van der Waals surface area contributed by atoms with Crippen molar-refractivity contribution in [1.82, 2.24) is 25.3 Å². The van der Waals surface area contributed by atoms with Gasteiger partial charge in [0.05, 0.1) is 16.9 Å². The number of alkyl halides is 3. The quantitative estimate of drug-likeness (QED) is 0.452. The third kappa shape index (κ3) is 5.68. The van der Waals surface area contributed by atoms with Gasteiger partial charge in [-0.25, -0.2) is 9.48 Å². The van der Waals surface area contributed by atoms with E-state index in [0.29, 0.717) is 31.6 Å². The second kappa shape index (κ2) is 10.4. The fraction of sp³-hybridized carbons (Fsp3) is 0.320. The number of nitrogens with zero attached hydrogens (tertiary/aromatic N) is 3. The second-order valence-corrected chi connectivity index (χ2v) is 8.54. The zero-order valence-corrected chi connectivity index (χ0v) is 19.3. The molecule has 0 unspecified atom stereocenters. The van der Waals surface area contributed by atoms with Crippen LogP contribution in [0.3, 0.4) is 0 Å². The van der Waals surface area contributed by atoms with Crippen LogP contribution in [0.4, 0.5) is 18.0 Å². The Morgan fingerprint density at radius 2 is 1.53 bits per heavy atom. The van der Waals surface area contributed by atoms with Crippen LogP contribution in [0.25, 0.3) is 5.69 Å². The van der Waals surface area contributed by atoms with Crippen molar-refractivity contribution in [3.05, 3.63) is 83.7 Å². The molecule has 1 aromatic heterocycles. The summed E-state index contributed by atoms with van der Waals surface area (Å²) in [5.74, 6) is -0.940. The fourth-order valence-corrected chi connectivity index (χ4v) is 4.13. The molecule has 1 fully saturated rings. The summed E-state index contributed by atoms with van der Waals surface area (Å²) in [5, 5.41) is 19.5. The van der Waals surface area contributed by atoms with Gasteiger partial charge in [-0.2, -0.15) is 18.3 Å². The Kier molecular flexibility index (Phi) is 7.30. The number of nitrogens with one attached hydrogen (secondary N) is 2. The summed E-state index contributed by atoms with van der Waals surface area (Å²) < 4.78 is 41.4. The normalized spacial score (nSPS) is 15.4. The molecule has 3 amide bonds. The SMILES string of the molecule is O=C(NCCNC(=O)N1CCC(O)(c2ccccc2)CC1)c1cn(-c2ccccc2)nc1C(F)(F)F. The van der Waals surface area contributed by atoms with E-state index in [1.54, 1.807) is 35.2 Å². The Morgan fingerprint density at radius 3 is 2.14 bits per heavy atom. The van der Waals surface area contributed by atoms with E-state index in [-0.39, 0.29) is 19.1 Å². The minimum atomic E-state index is -4.81. The molecule has 2 heterocycles. The van der Waals surface area contributed by atoms with Gasteiger partial charge in [-0.05, 0) is 30.5 Å². The summed E-state index contributed by atoms with van der Waals surface area (Å²) in [7, 11) is 0. The molecule has 190 valence electrons. The molecule has 0 spiro atoms. The Bertz CT molecular complexity index is 1190. The lowest BCUT2D eigenvalue weighted by Gasteiger charge is -2.38. The van der Waals surface area contributed by atoms with Crippen LogP contribution in [-0.4, -0.2) is 57.9 Å². The highest BCUT2D eigenvalue weighted by atomic mass is 19.4. The Balaban J connectivity index is 1.28. The first-order valence-electron chi connectivity index (χ1n) is 11.5. The van der Waals surface area contributed by atoms with E-state index in [1.165, 1.54) is 0 Å². The molecule has 1 aliphatic rings. The standard InChI is InChI=1S/C25H26F3N5O3/c26-25(27,28)21-20(17-33(31-21)19-9-5-2-6-10-19)22(34)29-13-14-30-23(35)32-15-11-24(36,12-16-32)18-7-3-1-4-8-18/h1-10,17,36H,11-16H2,(H,29,34)(H,30,35). The van der Waals surface area contributed by atoms with Gasteiger partial charge in [0.1, 0.15) is 0 Å². The Labute approximate surface area is 205 Å². The first-order valence-corrected chi connectivity index (χ1v) is 11.5. The van der Waals surface area contributed by atoms with Crippen LogP contribution >= 0.6 is 0 Å². The molecule has 0 saturated carbocycles. The molecule has 0 radical (unpaired) electrons. The van der Waals surface area contributed by atoms with Crippen LogP contribution in [0, 0.1) is 0 Å². The molecule has 3 N–H and O–H groups in total. The molecular weight excluding hydrogens is 475 g/mol. The number of aromatic nitrogens is 2. The first kappa shape index (κ1) is 25.2. The van der Waals surface area contributed by atoms with Gasteiger partial charge in [-0.15, -0.1) is 0 Å². The summed E-state index contributed by atoms with van der Waals surface area (Å²) in [4.78, 5) is 26.5. The van der Waals surface area contributed by atoms with Crippen molar-refractivity contribution < 1.29 is 27.9 Å². The largest absolute Gasteiger partial charge is 0.435 e. The number of carbonyl (C=O) groups is 2. The second-order valence-electron chi connectivity index (χ2n) is 8.54. The molecule has 4 rings (SSSR count). The Morgan fingerprint density at radius 1 is 0.944 bits per heavy atom. The van der Waals surface area contributed by atoms with Crippen LogP contribution in [0.15, 0.2) is 66.9 Å². The number of piperidine rings is 1. The number of amides is 3. The Hall–Kier alpha value is -3.86. The van der Waals surface area contributed by atoms with Crippen molar-refractivity contribution in [2.45, 2.75) is 24.6 Å². The number of rotatable bonds is 6. The molecule has 3 aromatic rings. The van der Waals surface area contributed by atoms with E-state index >= 15 is 0 Å². The number of hydrogen-bond acceptors (Lipinski definition) is 4. The molecule has 1 saturated heterocycles. The monoisotopic (exact) mass is 501 g/mol. The molecule has 1 aliphatic heterocycles. The number of likely N-dealkylation sites (tertiary alicyclic amines) is 1. The van der Waals surface area contributed by atoms with Crippen molar-refractivity contribution in [1.29, 1.82) is 0 Å². The van der Waals surface area contributed by atoms with Gasteiger partial charge in [-0.1, -0.05) is 48.5 Å². The van der Waals surface area contributed by atoms with E-state index in [9.17, 15) is 27.9 Å². The number of urea groups is 1. The van der Waals surface area contributed by atoms with Crippen molar-refractivity contribution in [3.8, 4) is 5.69 Å².